The van der Waals surface area contributed by atoms with E-state index in [9.17, 15) is 8.78 Å². The van der Waals surface area contributed by atoms with Crippen LogP contribution in [0.1, 0.15) is 42.9 Å². The minimum absolute atomic E-state index is 0.262. The van der Waals surface area contributed by atoms with Crippen LogP contribution >= 0.6 is 11.6 Å². The Bertz CT molecular complexity index is 702. The molecule has 0 spiro atoms. The fourth-order valence-corrected chi connectivity index (χ4v) is 2.31. The third-order valence-corrected chi connectivity index (χ3v) is 3.90. The lowest BCUT2D eigenvalue weighted by molar-refractivity contribution is 0.584. The van der Waals surface area contributed by atoms with E-state index in [4.69, 9.17) is 11.6 Å². The first kappa shape index (κ1) is 18.3. The lowest BCUT2D eigenvalue weighted by Gasteiger charge is -2.00. The van der Waals surface area contributed by atoms with E-state index in [0.29, 0.717) is 0 Å². The molecule has 2 rings (SSSR count). The van der Waals surface area contributed by atoms with E-state index in [0.717, 1.165) is 24.1 Å². The molecule has 0 N–H and O–H groups in total. The molecule has 0 aliphatic rings. The Morgan fingerprint density at radius 3 is 2.08 bits per heavy atom. The maximum Gasteiger partial charge on any atom is 0.145 e. The molecule has 2 aromatic rings. The second kappa shape index (κ2) is 9.28. The van der Waals surface area contributed by atoms with E-state index in [2.05, 4.69) is 29.3 Å². The van der Waals surface area contributed by atoms with Crippen molar-refractivity contribution in [3.05, 3.63) is 69.7 Å². The topological polar surface area (TPSA) is 24.7 Å². The number of aryl methyl sites for hydroxylation is 1. The molecule has 2 nitrogen and oxygen atoms in total. The number of unbranched alkanes of at least 4 members (excludes halogenated alkanes) is 2. The van der Waals surface area contributed by atoms with Crippen LogP contribution in [0.4, 0.5) is 8.78 Å². The smallest absolute Gasteiger partial charge is 0.145 e. The minimum Gasteiger partial charge on any atom is -0.205 e. The minimum atomic E-state index is -0.819. The summed E-state index contributed by atoms with van der Waals surface area (Å²) in [4.78, 5) is 0. The van der Waals surface area contributed by atoms with Gasteiger partial charge in [0.15, 0.2) is 0 Å². The summed E-state index contributed by atoms with van der Waals surface area (Å²) < 4.78 is 26.6. The highest BCUT2D eigenvalue weighted by atomic mass is 35.5. The monoisotopic (exact) mass is 348 g/mol. The highest BCUT2D eigenvalue weighted by Crippen LogP contribution is 2.19. The number of hydrogen-bond donors (Lipinski definition) is 0. The Balaban J connectivity index is 1.94. The van der Waals surface area contributed by atoms with Gasteiger partial charge in [0.2, 0.25) is 0 Å². The number of halogens is 3. The van der Waals surface area contributed by atoms with Crippen LogP contribution < -0.4 is 0 Å². The Morgan fingerprint density at radius 1 is 0.917 bits per heavy atom. The van der Waals surface area contributed by atoms with Crippen LogP contribution in [-0.4, -0.2) is 12.4 Å². The lowest BCUT2D eigenvalue weighted by Crippen LogP contribution is -1.89. The fourth-order valence-electron chi connectivity index (χ4n) is 2.20. The Morgan fingerprint density at radius 2 is 1.50 bits per heavy atom. The summed E-state index contributed by atoms with van der Waals surface area (Å²) in [5, 5.41) is 7.17. The number of rotatable bonds is 7. The zero-order valence-corrected chi connectivity index (χ0v) is 14.2. The van der Waals surface area contributed by atoms with E-state index < -0.39 is 16.7 Å². The summed E-state index contributed by atoms with van der Waals surface area (Å²) in [6, 6.07) is 10.3. The van der Waals surface area contributed by atoms with E-state index >= 15 is 0 Å². The van der Waals surface area contributed by atoms with Crippen molar-refractivity contribution in [1.29, 1.82) is 0 Å². The number of hydrogen-bond acceptors (Lipinski definition) is 2. The normalized spacial score (nSPS) is 11.7. The zero-order valence-electron chi connectivity index (χ0n) is 13.5. The summed E-state index contributed by atoms with van der Waals surface area (Å²) in [6.07, 6.45) is 7.60. The summed E-state index contributed by atoms with van der Waals surface area (Å²) in [7, 11) is 0. The molecule has 2 aromatic carbocycles. The molecule has 126 valence electrons. The van der Waals surface area contributed by atoms with Gasteiger partial charge in [-0.15, -0.1) is 0 Å². The largest absolute Gasteiger partial charge is 0.205 e. The molecule has 0 saturated carbocycles. The van der Waals surface area contributed by atoms with Crippen molar-refractivity contribution in [1.82, 2.24) is 0 Å². The molecule has 0 bridgehead atoms. The zero-order chi connectivity index (χ0) is 17.4. The van der Waals surface area contributed by atoms with Gasteiger partial charge in [-0.3, -0.25) is 0 Å². The molecule has 0 aliphatic carbocycles. The van der Waals surface area contributed by atoms with Gasteiger partial charge in [-0.2, -0.15) is 10.2 Å². The maximum atomic E-state index is 13.3. The molecule has 0 aromatic heterocycles. The highest BCUT2D eigenvalue weighted by molar-refractivity contribution is 6.30. The molecule has 0 heterocycles. The van der Waals surface area contributed by atoms with Crippen molar-refractivity contribution in [3.63, 3.8) is 0 Å². The average Bonchev–Trinajstić information content (AvgIpc) is 2.58. The quantitative estimate of drug-likeness (QED) is 0.261. The molecular formula is C19H19ClF2N2. The first-order chi connectivity index (χ1) is 11.6. The van der Waals surface area contributed by atoms with Gasteiger partial charge in [0.05, 0.1) is 12.4 Å². The molecule has 0 radical (unpaired) electrons. The first-order valence-corrected chi connectivity index (χ1v) is 8.28. The van der Waals surface area contributed by atoms with Crippen molar-refractivity contribution in [3.8, 4) is 0 Å². The first-order valence-electron chi connectivity index (χ1n) is 7.90. The molecule has 0 aliphatic heterocycles. The van der Waals surface area contributed by atoms with E-state index in [1.807, 2.05) is 12.1 Å². The second-order valence-corrected chi connectivity index (χ2v) is 5.86. The summed E-state index contributed by atoms with van der Waals surface area (Å²) in [5.41, 5.74) is 2.48. The molecular weight excluding hydrogens is 330 g/mol. The third-order valence-electron chi connectivity index (χ3n) is 3.54. The van der Waals surface area contributed by atoms with Crippen LogP contribution in [-0.2, 0) is 6.42 Å². The molecule has 0 atom stereocenters. The Hall–Kier alpha value is -2.07. The SMILES string of the molecule is CCCCCc1ccc(C=NN=Cc2cc(F)c(Cl)c(F)c2)cc1. The van der Waals surface area contributed by atoms with Crippen LogP contribution in [0.5, 0.6) is 0 Å². The van der Waals surface area contributed by atoms with Crippen LogP contribution in [0.2, 0.25) is 5.02 Å². The average molecular weight is 349 g/mol. The van der Waals surface area contributed by atoms with Gasteiger partial charge in [0.25, 0.3) is 0 Å². The van der Waals surface area contributed by atoms with Crippen molar-refractivity contribution in [2.75, 3.05) is 0 Å². The second-order valence-electron chi connectivity index (χ2n) is 5.49. The Kier molecular flexibility index (Phi) is 7.07. The van der Waals surface area contributed by atoms with Crippen LogP contribution in [0.25, 0.3) is 0 Å². The number of nitrogens with zero attached hydrogens (tertiary/aromatic N) is 2. The molecule has 0 amide bonds. The Labute approximate surface area is 145 Å². The van der Waals surface area contributed by atoms with Gasteiger partial charge in [-0.05, 0) is 36.1 Å². The van der Waals surface area contributed by atoms with Crippen LogP contribution in [0, 0.1) is 11.6 Å². The van der Waals surface area contributed by atoms with Gasteiger partial charge in [0, 0.05) is 5.56 Å². The van der Waals surface area contributed by atoms with Crippen LogP contribution in [0.3, 0.4) is 0 Å². The fraction of sp³-hybridized carbons (Fsp3) is 0.263. The van der Waals surface area contributed by atoms with Crippen molar-refractivity contribution in [2.45, 2.75) is 32.6 Å². The molecule has 0 fully saturated rings. The highest BCUT2D eigenvalue weighted by Gasteiger charge is 2.07. The third kappa shape index (κ3) is 5.53. The van der Waals surface area contributed by atoms with Gasteiger partial charge in [0.1, 0.15) is 16.7 Å². The van der Waals surface area contributed by atoms with Crippen LogP contribution in [0.15, 0.2) is 46.6 Å². The predicted octanol–water partition coefficient (Wildman–Crippen LogP) is 5.80. The summed E-state index contributed by atoms with van der Waals surface area (Å²) in [6.45, 7) is 2.19. The molecule has 24 heavy (non-hydrogen) atoms. The van der Waals surface area contributed by atoms with Gasteiger partial charge in [-0.25, -0.2) is 8.78 Å². The molecule has 5 heteroatoms. The lowest BCUT2D eigenvalue weighted by atomic mass is 10.1. The standard InChI is InChI=1S/C19H19ClF2N2/c1-2-3-4-5-14-6-8-15(9-7-14)12-23-24-13-16-10-17(21)19(20)18(22)11-16/h6-13H,2-5H2,1H3. The molecule has 0 unspecified atom stereocenters. The summed E-state index contributed by atoms with van der Waals surface area (Å²) >= 11 is 5.42. The van der Waals surface area contributed by atoms with E-state index in [-0.39, 0.29) is 5.56 Å². The van der Waals surface area contributed by atoms with Gasteiger partial charge >= 0.3 is 0 Å². The number of benzene rings is 2. The van der Waals surface area contributed by atoms with E-state index in [1.165, 1.54) is 31.0 Å². The maximum absolute atomic E-state index is 13.3. The summed E-state index contributed by atoms with van der Waals surface area (Å²) in [5.74, 6) is -1.64. The van der Waals surface area contributed by atoms with Gasteiger partial charge in [-0.1, -0.05) is 55.6 Å². The van der Waals surface area contributed by atoms with Crippen molar-refractivity contribution < 1.29 is 8.78 Å². The van der Waals surface area contributed by atoms with Crippen molar-refractivity contribution in [2.24, 2.45) is 10.2 Å². The van der Waals surface area contributed by atoms with Crippen molar-refractivity contribution >= 4 is 24.0 Å². The predicted molar refractivity (Wildman–Crippen MR) is 96.2 cm³/mol. The van der Waals surface area contributed by atoms with Gasteiger partial charge < -0.3 is 0 Å². The van der Waals surface area contributed by atoms with E-state index in [1.54, 1.807) is 6.21 Å². The molecule has 0 saturated heterocycles.